The highest BCUT2D eigenvalue weighted by Gasteiger charge is 2.15. The third kappa shape index (κ3) is 3.69. The van der Waals surface area contributed by atoms with Gasteiger partial charge in [0.2, 0.25) is 0 Å². The van der Waals surface area contributed by atoms with Crippen molar-refractivity contribution in [3.8, 4) is 34.2 Å². The van der Waals surface area contributed by atoms with Crippen molar-refractivity contribution in [1.29, 1.82) is 0 Å². The second kappa shape index (κ2) is 8.23. The van der Waals surface area contributed by atoms with Gasteiger partial charge >= 0.3 is 0 Å². The second-order valence-electron chi connectivity index (χ2n) is 7.87. The van der Waals surface area contributed by atoms with E-state index in [4.69, 9.17) is 15.0 Å². The van der Waals surface area contributed by atoms with Gasteiger partial charge in [0.25, 0.3) is 0 Å². The Morgan fingerprint density at radius 3 is 1.91 bits per heavy atom. The lowest BCUT2D eigenvalue weighted by Gasteiger charge is -2.11. The van der Waals surface area contributed by atoms with Gasteiger partial charge in [-0.05, 0) is 39.7 Å². The highest BCUT2D eigenvalue weighted by molar-refractivity contribution is 9.10. The largest absolute Gasteiger partial charge is 0.208 e. The van der Waals surface area contributed by atoms with Gasteiger partial charge in [0.05, 0.1) is 0 Å². The van der Waals surface area contributed by atoms with Crippen LogP contribution >= 0.6 is 15.9 Å². The van der Waals surface area contributed by atoms with Crippen molar-refractivity contribution in [2.24, 2.45) is 0 Å². The number of rotatable bonds is 3. The highest BCUT2D eigenvalue weighted by Crippen LogP contribution is 2.33. The molecule has 0 saturated heterocycles. The molecule has 1 aromatic heterocycles. The lowest BCUT2D eigenvalue weighted by molar-refractivity contribution is 1.08. The van der Waals surface area contributed by atoms with Crippen molar-refractivity contribution in [2.75, 3.05) is 0 Å². The summed E-state index contributed by atoms with van der Waals surface area (Å²) in [5.74, 6) is 1.99. The van der Waals surface area contributed by atoms with Gasteiger partial charge in [-0.15, -0.1) is 0 Å². The molecule has 0 bridgehead atoms. The van der Waals surface area contributed by atoms with Crippen LogP contribution in [0.4, 0.5) is 0 Å². The molecule has 0 N–H and O–H groups in total. The van der Waals surface area contributed by atoms with E-state index in [1.165, 1.54) is 5.39 Å². The molecule has 0 radical (unpaired) electrons. The summed E-state index contributed by atoms with van der Waals surface area (Å²) in [6.45, 7) is 0. The van der Waals surface area contributed by atoms with Crippen molar-refractivity contribution in [3.05, 3.63) is 114 Å². The molecular formula is C29H18BrN3. The summed E-state index contributed by atoms with van der Waals surface area (Å²) >= 11 is 3.68. The maximum Gasteiger partial charge on any atom is 0.164 e. The normalized spacial score (nSPS) is 11.2. The minimum Gasteiger partial charge on any atom is -0.208 e. The quantitative estimate of drug-likeness (QED) is 0.254. The lowest BCUT2D eigenvalue weighted by atomic mass is 10.0. The first-order valence-electron chi connectivity index (χ1n) is 10.7. The predicted octanol–water partition coefficient (Wildman–Crippen LogP) is 7.94. The van der Waals surface area contributed by atoms with E-state index in [0.717, 1.165) is 37.3 Å². The van der Waals surface area contributed by atoms with Crippen molar-refractivity contribution < 1.29 is 0 Å². The van der Waals surface area contributed by atoms with Gasteiger partial charge in [-0.25, -0.2) is 15.0 Å². The van der Waals surface area contributed by atoms with Crippen LogP contribution in [0.5, 0.6) is 0 Å². The van der Waals surface area contributed by atoms with E-state index >= 15 is 0 Å². The number of aromatic nitrogens is 3. The van der Waals surface area contributed by atoms with Crippen molar-refractivity contribution >= 4 is 37.5 Å². The number of hydrogen-bond acceptors (Lipinski definition) is 3. The monoisotopic (exact) mass is 487 g/mol. The summed E-state index contributed by atoms with van der Waals surface area (Å²) in [4.78, 5) is 14.7. The Morgan fingerprint density at radius 1 is 0.455 bits per heavy atom. The highest BCUT2D eigenvalue weighted by atomic mass is 79.9. The molecule has 0 saturated carbocycles. The molecule has 0 aliphatic rings. The van der Waals surface area contributed by atoms with Crippen LogP contribution in [0.25, 0.3) is 55.7 Å². The summed E-state index contributed by atoms with van der Waals surface area (Å²) in [6.07, 6.45) is 0. The third-order valence-corrected chi connectivity index (χ3v) is 6.48. The Morgan fingerprint density at radius 2 is 1.09 bits per heavy atom. The van der Waals surface area contributed by atoms with E-state index in [1.54, 1.807) is 0 Å². The first-order valence-corrected chi connectivity index (χ1v) is 11.5. The molecule has 5 aromatic carbocycles. The molecule has 3 nitrogen and oxygen atoms in total. The number of nitrogens with zero attached hydrogens (tertiary/aromatic N) is 3. The topological polar surface area (TPSA) is 38.7 Å². The molecule has 33 heavy (non-hydrogen) atoms. The standard InChI is InChI=1S/C29H18BrN3/c30-26-17-16-25(23-12-6-7-13-24(23)26)29-32-27(20-9-2-1-3-10-20)31-28(33-29)22-15-14-19-8-4-5-11-21(19)18-22/h1-18H. The zero-order valence-corrected chi connectivity index (χ0v) is 19.2. The Labute approximate surface area is 199 Å². The molecule has 0 spiro atoms. The third-order valence-electron chi connectivity index (χ3n) is 5.79. The first kappa shape index (κ1) is 19.8. The van der Waals surface area contributed by atoms with Crippen LogP contribution in [0.2, 0.25) is 0 Å². The van der Waals surface area contributed by atoms with Crippen molar-refractivity contribution in [1.82, 2.24) is 15.0 Å². The van der Waals surface area contributed by atoms with Gasteiger partial charge in [-0.1, -0.05) is 107 Å². The van der Waals surface area contributed by atoms with E-state index in [0.29, 0.717) is 17.5 Å². The Bertz CT molecular complexity index is 1630. The lowest BCUT2D eigenvalue weighted by Crippen LogP contribution is -2.00. The maximum absolute atomic E-state index is 4.95. The van der Waals surface area contributed by atoms with Crippen LogP contribution in [0.15, 0.2) is 114 Å². The SMILES string of the molecule is Brc1ccc(-c2nc(-c3ccccc3)nc(-c3ccc4ccccc4c3)n2)c2ccccc12. The van der Waals surface area contributed by atoms with E-state index in [1.807, 2.05) is 48.5 Å². The fourth-order valence-electron chi connectivity index (χ4n) is 4.13. The van der Waals surface area contributed by atoms with Crippen LogP contribution in [-0.4, -0.2) is 15.0 Å². The summed E-state index contributed by atoms with van der Waals surface area (Å²) in [6, 6.07) is 37.2. The zero-order chi connectivity index (χ0) is 22.2. The molecule has 6 aromatic rings. The van der Waals surface area contributed by atoms with E-state index in [2.05, 4.69) is 76.6 Å². The van der Waals surface area contributed by atoms with Gasteiger partial charge in [0.15, 0.2) is 17.5 Å². The van der Waals surface area contributed by atoms with Gasteiger partial charge < -0.3 is 0 Å². The Balaban J connectivity index is 1.61. The number of fused-ring (bicyclic) bond motifs is 2. The molecule has 0 unspecified atom stereocenters. The fraction of sp³-hybridized carbons (Fsp3) is 0. The Hall–Kier alpha value is -3.89. The van der Waals surface area contributed by atoms with Gasteiger partial charge in [-0.3, -0.25) is 0 Å². The van der Waals surface area contributed by atoms with Crippen molar-refractivity contribution in [3.63, 3.8) is 0 Å². The molecular weight excluding hydrogens is 470 g/mol. The molecule has 0 atom stereocenters. The minimum absolute atomic E-state index is 0.663. The van der Waals surface area contributed by atoms with Crippen LogP contribution in [0, 0.1) is 0 Å². The summed E-state index contributed by atoms with van der Waals surface area (Å²) in [5.41, 5.74) is 2.91. The second-order valence-corrected chi connectivity index (χ2v) is 8.73. The average molecular weight is 488 g/mol. The number of hydrogen-bond donors (Lipinski definition) is 0. The van der Waals surface area contributed by atoms with Crippen LogP contribution < -0.4 is 0 Å². The smallest absolute Gasteiger partial charge is 0.164 e. The van der Waals surface area contributed by atoms with E-state index < -0.39 is 0 Å². The van der Waals surface area contributed by atoms with Crippen LogP contribution in [-0.2, 0) is 0 Å². The zero-order valence-electron chi connectivity index (χ0n) is 17.6. The summed E-state index contributed by atoms with van der Waals surface area (Å²) in [7, 11) is 0. The minimum atomic E-state index is 0.663. The molecule has 0 fully saturated rings. The maximum atomic E-state index is 4.95. The number of halogens is 1. The molecule has 0 amide bonds. The van der Waals surface area contributed by atoms with Crippen LogP contribution in [0.3, 0.4) is 0 Å². The molecule has 156 valence electrons. The molecule has 6 rings (SSSR count). The molecule has 4 heteroatoms. The average Bonchev–Trinajstić information content (AvgIpc) is 2.89. The summed E-state index contributed by atoms with van der Waals surface area (Å²) in [5, 5.41) is 4.58. The van der Waals surface area contributed by atoms with Gasteiger partial charge in [0.1, 0.15) is 0 Å². The van der Waals surface area contributed by atoms with Crippen LogP contribution in [0.1, 0.15) is 0 Å². The fourth-order valence-corrected chi connectivity index (χ4v) is 4.61. The Kier molecular flexibility index (Phi) is 4.93. The van der Waals surface area contributed by atoms with E-state index in [9.17, 15) is 0 Å². The van der Waals surface area contributed by atoms with Gasteiger partial charge in [0, 0.05) is 21.2 Å². The molecule has 0 aliphatic heterocycles. The summed E-state index contributed by atoms with van der Waals surface area (Å²) < 4.78 is 1.05. The number of benzene rings is 5. The van der Waals surface area contributed by atoms with Crippen molar-refractivity contribution in [2.45, 2.75) is 0 Å². The van der Waals surface area contributed by atoms with E-state index in [-0.39, 0.29) is 0 Å². The van der Waals surface area contributed by atoms with Gasteiger partial charge in [-0.2, -0.15) is 0 Å². The predicted molar refractivity (Wildman–Crippen MR) is 139 cm³/mol. The first-order chi connectivity index (χ1) is 16.3. The molecule has 0 aliphatic carbocycles. The molecule has 1 heterocycles.